The molecule has 1 rings (SSSR count). The number of halogens is 5. The molecule has 0 spiro atoms. The maximum Gasteiger partial charge on any atom is 0.416 e. The van der Waals surface area contributed by atoms with Gasteiger partial charge in [0.2, 0.25) is 5.91 Å². The van der Waals surface area contributed by atoms with Crippen molar-refractivity contribution in [1.82, 2.24) is 5.32 Å². The molecule has 0 saturated carbocycles. The summed E-state index contributed by atoms with van der Waals surface area (Å²) in [6.45, 7) is 3.39. The number of carbonyl (C=O) groups is 1. The number of benzene rings is 1. The second-order valence-electron chi connectivity index (χ2n) is 5.17. The van der Waals surface area contributed by atoms with Crippen LogP contribution in [0.4, 0.5) is 17.6 Å². The van der Waals surface area contributed by atoms with Crippen LogP contribution < -0.4 is 11.1 Å². The fraction of sp³-hybridized carbons (Fsp3) is 0.533. The lowest BCUT2D eigenvalue weighted by Crippen LogP contribution is -2.45. The maximum atomic E-state index is 13.0. The molecule has 0 aliphatic rings. The highest BCUT2D eigenvalue weighted by molar-refractivity contribution is 5.85. The van der Waals surface area contributed by atoms with E-state index < -0.39 is 28.9 Å². The molecule has 8 heteroatoms. The van der Waals surface area contributed by atoms with Gasteiger partial charge in [-0.2, -0.15) is 13.2 Å². The second kappa shape index (κ2) is 8.49. The van der Waals surface area contributed by atoms with Gasteiger partial charge in [0.15, 0.2) is 0 Å². The molecule has 3 nitrogen and oxygen atoms in total. The Kier molecular flexibility index (Phi) is 8.00. The average molecular weight is 357 g/mol. The van der Waals surface area contributed by atoms with Crippen LogP contribution >= 0.6 is 12.4 Å². The molecule has 0 aromatic heterocycles. The van der Waals surface area contributed by atoms with Gasteiger partial charge in [-0.25, -0.2) is 4.39 Å². The molecule has 0 heterocycles. The van der Waals surface area contributed by atoms with E-state index in [1.807, 2.05) is 0 Å². The van der Waals surface area contributed by atoms with E-state index in [1.54, 1.807) is 13.8 Å². The minimum atomic E-state index is -4.68. The Hall–Kier alpha value is -1.34. The SMILES string of the molecule is CCC(CC)(CN)C(=O)NCc1ccc(F)cc1C(F)(F)F.Cl. The largest absolute Gasteiger partial charge is 0.416 e. The van der Waals surface area contributed by atoms with Crippen molar-refractivity contribution < 1.29 is 22.4 Å². The van der Waals surface area contributed by atoms with Gasteiger partial charge in [-0.15, -0.1) is 12.4 Å². The van der Waals surface area contributed by atoms with Crippen LogP contribution in [-0.4, -0.2) is 12.5 Å². The highest BCUT2D eigenvalue weighted by Gasteiger charge is 2.35. The van der Waals surface area contributed by atoms with E-state index in [1.165, 1.54) is 0 Å². The molecule has 0 bridgehead atoms. The summed E-state index contributed by atoms with van der Waals surface area (Å²) in [4.78, 5) is 12.2. The van der Waals surface area contributed by atoms with E-state index in [4.69, 9.17) is 5.73 Å². The third-order valence-electron chi connectivity index (χ3n) is 4.04. The Bertz CT molecular complexity index is 522. The van der Waals surface area contributed by atoms with Gasteiger partial charge in [-0.1, -0.05) is 19.9 Å². The minimum Gasteiger partial charge on any atom is -0.351 e. The monoisotopic (exact) mass is 356 g/mol. The number of rotatable bonds is 6. The van der Waals surface area contributed by atoms with Crippen molar-refractivity contribution in [1.29, 1.82) is 0 Å². The average Bonchev–Trinajstić information content (AvgIpc) is 2.47. The Balaban J connectivity index is 0.00000484. The van der Waals surface area contributed by atoms with Crippen LogP contribution in [0.1, 0.15) is 37.8 Å². The van der Waals surface area contributed by atoms with Crippen LogP contribution in [0.25, 0.3) is 0 Å². The van der Waals surface area contributed by atoms with Crippen LogP contribution in [0.5, 0.6) is 0 Å². The summed E-state index contributed by atoms with van der Waals surface area (Å²) >= 11 is 0. The van der Waals surface area contributed by atoms with Crippen molar-refractivity contribution in [2.45, 2.75) is 39.4 Å². The summed E-state index contributed by atoms with van der Waals surface area (Å²) in [5, 5.41) is 2.48. The van der Waals surface area contributed by atoms with E-state index in [0.29, 0.717) is 18.9 Å². The van der Waals surface area contributed by atoms with Gasteiger partial charge in [0.1, 0.15) is 5.82 Å². The third-order valence-corrected chi connectivity index (χ3v) is 4.04. The van der Waals surface area contributed by atoms with Crippen LogP contribution in [-0.2, 0) is 17.5 Å². The zero-order valence-corrected chi connectivity index (χ0v) is 13.8. The van der Waals surface area contributed by atoms with Gasteiger partial charge in [0.25, 0.3) is 0 Å². The minimum absolute atomic E-state index is 0. The molecule has 1 aromatic carbocycles. The van der Waals surface area contributed by atoms with E-state index in [2.05, 4.69) is 5.32 Å². The first-order chi connectivity index (χ1) is 10.2. The molecule has 0 unspecified atom stereocenters. The fourth-order valence-electron chi connectivity index (χ4n) is 2.28. The molecular weight excluding hydrogens is 336 g/mol. The van der Waals surface area contributed by atoms with Crippen LogP contribution in [0.2, 0.25) is 0 Å². The lowest BCUT2D eigenvalue weighted by atomic mass is 9.81. The third kappa shape index (κ3) is 5.07. The number of nitrogens with two attached hydrogens (primary N) is 1. The molecule has 132 valence electrons. The highest BCUT2D eigenvalue weighted by atomic mass is 35.5. The fourth-order valence-corrected chi connectivity index (χ4v) is 2.28. The molecule has 0 radical (unpaired) electrons. The number of hydrogen-bond acceptors (Lipinski definition) is 2. The second-order valence-corrected chi connectivity index (χ2v) is 5.17. The van der Waals surface area contributed by atoms with Crippen molar-refractivity contribution in [3.8, 4) is 0 Å². The van der Waals surface area contributed by atoms with Gasteiger partial charge in [0.05, 0.1) is 11.0 Å². The lowest BCUT2D eigenvalue weighted by Gasteiger charge is -2.28. The summed E-state index contributed by atoms with van der Waals surface area (Å²) < 4.78 is 51.7. The van der Waals surface area contributed by atoms with Crippen LogP contribution in [0, 0.1) is 11.2 Å². The summed E-state index contributed by atoms with van der Waals surface area (Å²) in [7, 11) is 0. The topological polar surface area (TPSA) is 55.1 Å². The van der Waals surface area contributed by atoms with Gasteiger partial charge < -0.3 is 11.1 Å². The molecule has 0 atom stereocenters. The van der Waals surface area contributed by atoms with Crippen molar-refractivity contribution in [3.63, 3.8) is 0 Å². The number of nitrogens with one attached hydrogen (secondary N) is 1. The first-order valence-corrected chi connectivity index (χ1v) is 7.04. The Morgan fingerprint density at radius 2 is 1.78 bits per heavy atom. The predicted octanol–water partition coefficient (Wildman–Crippen LogP) is 3.65. The molecule has 23 heavy (non-hydrogen) atoms. The predicted molar refractivity (Wildman–Crippen MR) is 82.6 cm³/mol. The first kappa shape index (κ1) is 21.7. The molecule has 3 N–H and O–H groups in total. The summed E-state index contributed by atoms with van der Waals surface area (Å²) in [6.07, 6.45) is -3.70. The number of carbonyl (C=O) groups excluding carboxylic acids is 1. The molecular formula is C15H21ClF4N2O. The molecule has 0 aliphatic heterocycles. The van der Waals surface area contributed by atoms with Crippen LogP contribution in [0.3, 0.4) is 0 Å². The Morgan fingerprint density at radius 1 is 1.22 bits per heavy atom. The Morgan fingerprint density at radius 3 is 2.22 bits per heavy atom. The number of amides is 1. The smallest absolute Gasteiger partial charge is 0.351 e. The van der Waals surface area contributed by atoms with Gasteiger partial charge in [-0.3, -0.25) is 4.79 Å². The van der Waals surface area contributed by atoms with E-state index in [0.717, 1.165) is 12.1 Å². The molecule has 0 fully saturated rings. The highest BCUT2D eigenvalue weighted by Crippen LogP contribution is 2.33. The summed E-state index contributed by atoms with van der Waals surface area (Å²) in [5.41, 5.74) is 3.57. The van der Waals surface area contributed by atoms with Crippen molar-refractivity contribution in [2.75, 3.05) is 6.54 Å². The zero-order chi connectivity index (χ0) is 17.0. The maximum absolute atomic E-state index is 13.0. The lowest BCUT2D eigenvalue weighted by molar-refractivity contribution is -0.139. The molecule has 0 aliphatic carbocycles. The van der Waals surface area contributed by atoms with Gasteiger partial charge >= 0.3 is 6.18 Å². The van der Waals surface area contributed by atoms with E-state index in [-0.39, 0.29) is 31.1 Å². The molecule has 0 saturated heterocycles. The van der Waals surface area contributed by atoms with Crippen LogP contribution in [0.15, 0.2) is 18.2 Å². The Labute approximate surface area is 139 Å². The normalized spacial score (nSPS) is 11.8. The summed E-state index contributed by atoms with van der Waals surface area (Å²) in [6, 6.07) is 2.39. The van der Waals surface area contributed by atoms with E-state index in [9.17, 15) is 22.4 Å². The molecule has 1 aromatic rings. The zero-order valence-electron chi connectivity index (χ0n) is 13.0. The van der Waals surface area contributed by atoms with Gasteiger partial charge in [0, 0.05) is 13.1 Å². The van der Waals surface area contributed by atoms with Gasteiger partial charge in [-0.05, 0) is 30.5 Å². The first-order valence-electron chi connectivity index (χ1n) is 7.04. The summed E-state index contributed by atoms with van der Waals surface area (Å²) in [5.74, 6) is -1.36. The molecule has 1 amide bonds. The number of alkyl halides is 3. The van der Waals surface area contributed by atoms with Crippen molar-refractivity contribution in [2.24, 2.45) is 11.1 Å². The number of hydrogen-bond donors (Lipinski definition) is 2. The van der Waals surface area contributed by atoms with Crippen molar-refractivity contribution >= 4 is 18.3 Å². The quantitative estimate of drug-likeness (QED) is 0.764. The standard InChI is InChI=1S/C15H20F4N2O.ClH/c1-3-14(4-2,9-20)13(22)21-8-10-5-6-11(16)7-12(10)15(17,18)19;/h5-7H,3-4,8-9,20H2,1-2H3,(H,21,22);1H. The van der Waals surface area contributed by atoms with E-state index >= 15 is 0 Å². The van der Waals surface area contributed by atoms with Crippen molar-refractivity contribution in [3.05, 3.63) is 35.1 Å².